The highest BCUT2D eigenvalue weighted by Gasteiger charge is 2.40. The van der Waals surface area contributed by atoms with Crippen molar-refractivity contribution in [1.82, 2.24) is 5.32 Å². The Morgan fingerprint density at radius 1 is 1.15 bits per heavy atom. The fraction of sp³-hybridized carbons (Fsp3) is 0.188. The number of benzene rings is 2. The summed E-state index contributed by atoms with van der Waals surface area (Å²) < 4.78 is 0. The molecule has 1 aliphatic rings. The molecule has 0 aliphatic carbocycles. The van der Waals surface area contributed by atoms with Crippen molar-refractivity contribution in [3.05, 3.63) is 65.2 Å². The second-order valence-corrected chi connectivity index (χ2v) is 4.99. The average molecular weight is 268 g/mol. The van der Waals surface area contributed by atoms with Crippen molar-refractivity contribution >= 4 is 5.78 Å². The molecule has 4 N–H and O–H groups in total. The number of hydrogen-bond acceptors (Lipinski definition) is 4. The third-order valence-corrected chi connectivity index (χ3v) is 3.75. The van der Waals surface area contributed by atoms with Gasteiger partial charge in [0.2, 0.25) is 5.78 Å². The smallest absolute Gasteiger partial charge is 0.205 e. The van der Waals surface area contributed by atoms with Gasteiger partial charge < -0.3 is 10.8 Å². The van der Waals surface area contributed by atoms with Crippen LogP contribution in [-0.4, -0.2) is 17.4 Å². The molecule has 0 radical (unpaired) electrons. The van der Waals surface area contributed by atoms with Crippen LogP contribution in [0.5, 0.6) is 5.75 Å². The third kappa shape index (κ3) is 1.90. The molecule has 0 spiro atoms. The number of nitrogens with one attached hydrogen (secondary N) is 1. The van der Waals surface area contributed by atoms with Gasteiger partial charge >= 0.3 is 0 Å². The minimum atomic E-state index is -1.28. The van der Waals surface area contributed by atoms with E-state index in [2.05, 4.69) is 5.32 Å². The standard InChI is InChI=1S/C16H16N2O2/c17-16(15(20)12-6-2-4-8-14(12)19)13-7-3-1-5-11(13)9-10-18-16/h1-8,18-19H,9-10,17H2. The number of para-hydroxylation sites is 1. The van der Waals surface area contributed by atoms with Crippen LogP contribution in [0.1, 0.15) is 21.5 Å². The molecular weight excluding hydrogens is 252 g/mol. The van der Waals surface area contributed by atoms with Gasteiger partial charge in [0.05, 0.1) is 5.56 Å². The second kappa shape index (κ2) is 4.74. The summed E-state index contributed by atoms with van der Waals surface area (Å²) in [5.41, 5.74) is 7.14. The summed E-state index contributed by atoms with van der Waals surface area (Å²) in [4.78, 5) is 12.8. The molecule has 0 saturated heterocycles. The molecule has 0 aromatic heterocycles. The van der Waals surface area contributed by atoms with Gasteiger partial charge in [0.15, 0.2) is 5.66 Å². The Bertz CT molecular complexity index is 669. The monoisotopic (exact) mass is 268 g/mol. The van der Waals surface area contributed by atoms with Crippen LogP contribution in [-0.2, 0) is 12.1 Å². The number of phenolic OH excluding ortho intramolecular Hbond substituents is 1. The van der Waals surface area contributed by atoms with Gasteiger partial charge in [-0.15, -0.1) is 0 Å². The largest absolute Gasteiger partial charge is 0.507 e. The number of ketones is 1. The molecular formula is C16H16N2O2. The van der Waals surface area contributed by atoms with Gasteiger partial charge in [-0.2, -0.15) is 0 Å². The Balaban J connectivity index is 2.10. The van der Waals surface area contributed by atoms with Crippen LogP contribution in [0.2, 0.25) is 0 Å². The van der Waals surface area contributed by atoms with Gasteiger partial charge in [0.25, 0.3) is 0 Å². The first kappa shape index (κ1) is 12.8. The lowest BCUT2D eigenvalue weighted by molar-refractivity contribution is 0.0841. The van der Waals surface area contributed by atoms with Gasteiger partial charge in [0.1, 0.15) is 5.75 Å². The van der Waals surface area contributed by atoms with E-state index in [1.54, 1.807) is 18.2 Å². The Hall–Kier alpha value is -2.17. The summed E-state index contributed by atoms with van der Waals surface area (Å²) in [6.07, 6.45) is 0.836. The number of nitrogens with two attached hydrogens (primary N) is 1. The van der Waals surface area contributed by atoms with Crippen LogP contribution in [0, 0.1) is 0 Å². The van der Waals surface area contributed by atoms with E-state index in [4.69, 9.17) is 5.73 Å². The number of rotatable bonds is 2. The lowest BCUT2D eigenvalue weighted by Gasteiger charge is -2.35. The number of aromatic hydroxyl groups is 1. The predicted octanol–water partition coefficient (Wildman–Crippen LogP) is 1.53. The van der Waals surface area contributed by atoms with Crippen LogP contribution < -0.4 is 11.1 Å². The normalized spacial score (nSPS) is 21.2. The summed E-state index contributed by atoms with van der Waals surface area (Å²) >= 11 is 0. The first-order valence-electron chi connectivity index (χ1n) is 6.58. The highest BCUT2D eigenvalue weighted by atomic mass is 16.3. The molecule has 102 valence electrons. The minimum absolute atomic E-state index is 0.0489. The van der Waals surface area contributed by atoms with E-state index >= 15 is 0 Å². The topological polar surface area (TPSA) is 75.4 Å². The van der Waals surface area contributed by atoms with Crippen LogP contribution >= 0.6 is 0 Å². The molecule has 3 rings (SSSR count). The average Bonchev–Trinajstić information content (AvgIpc) is 2.48. The molecule has 1 unspecified atom stereocenters. The fourth-order valence-corrected chi connectivity index (χ4v) is 2.69. The predicted molar refractivity (Wildman–Crippen MR) is 76.5 cm³/mol. The maximum Gasteiger partial charge on any atom is 0.205 e. The number of phenols is 1. The van der Waals surface area contributed by atoms with E-state index in [1.807, 2.05) is 24.3 Å². The number of Topliss-reactive ketones (excluding diaryl/α,β-unsaturated/α-hetero) is 1. The van der Waals surface area contributed by atoms with Crippen LogP contribution in [0.4, 0.5) is 0 Å². The third-order valence-electron chi connectivity index (χ3n) is 3.75. The molecule has 0 fully saturated rings. The molecule has 2 aromatic rings. The van der Waals surface area contributed by atoms with Crippen molar-refractivity contribution in [2.24, 2.45) is 5.73 Å². The SMILES string of the molecule is NC1(C(=O)c2ccccc2O)NCCc2ccccc21. The zero-order valence-electron chi connectivity index (χ0n) is 11.0. The highest BCUT2D eigenvalue weighted by Crippen LogP contribution is 2.30. The second-order valence-electron chi connectivity index (χ2n) is 4.99. The molecule has 20 heavy (non-hydrogen) atoms. The molecule has 4 heteroatoms. The van der Waals surface area contributed by atoms with Crippen molar-refractivity contribution in [2.45, 2.75) is 12.1 Å². The van der Waals surface area contributed by atoms with E-state index in [9.17, 15) is 9.90 Å². The van der Waals surface area contributed by atoms with Crippen molar-refractivity contribution in [2.75, 3.05) is 6.54 Å². The lowest BCUT2D eigenvalue weighted by Crippen LogP contribution is -2.59. The fourth-order valence-electron chi connectivity index (χ4n) is 2.69. The van der Waals surface area contributed by atoms with Crippen molar-refractivity contribution in [3.8, 4) is 5.75 Å². The quantitative estimate of drug-likeness (QED) is 0.722. The van der Waals surface area contributed by atoms with Crippen molar-refractivity contribution in [1.29, 1.82) is 0 Å². The summed E-state index contributed by atoms with van der Waals surface area (Å²) in [5, 5.41) is 13.0. The first-order chi connectivity index (χ1) is 9.63. The number of hydrogen-bond donors (Lipinski definition) is 3. The van der Waals surface area contributed by atoms with E-state index in [1.165, 1.54) is 6.07 Å². The zero-order valence-corrected chi connectivity index (χ0v) is 11.0. The highest BCUT2D eigenvalue weighted by molar-refractivity contribution is 6.05. The summed E-state index contributed by atoms with van der Waals surface area (Å²) in [5.74, 6) is -0.366. The molecule has 1 heterocycles. The Morgan fingerprint density at radius 3 is 2.65 bits per heavy atom. The van der Waals surface area contributed by atoms with Gasteiger partial charge in [-0.25, -0.2) is 0 Å². The van der Waals surface area contributed by atoms with E-state index in [0.29, 0.717) is 6.54 Å². The molecule has 1 atom stereocenters. The summed E-state index contributed by atoms with van der Waals surface area (Å²) in [7, 11) is 0. The summed E-state index contributed by atoms with van der Waals surface area (Å²) in [6.45, 7) is 0.632. The van der Waals surface area contributed by atoms with Gasteiger partial charge in [-0.1, -0.05) is 36.4 Å². The molecule has 1 aliphatic heterocycles. The Labute approximate surface area is 117 Å². The Kier molecular flexibility index (Phi) is 3.04. The molecule has 2 aromatic carbocycles. The van der Waals surface area contributed by atoms with Crippen molar-refractivity contribution < 1.29 is 9.90 Å². The van der Waals surface area contributed by atoms with E-state index < -0.39 is 5.66 Å². The number of carbonyl (C=O) groups excluding carboxylic acids is 1. The molecule has 0 saturated carbocycles. The first-order valence-corrected chi connectivity index (χ1v) is 6.58. The van der Waals surface area contributed by atoms with Crippen LogP contribution in [0.15, 0.2) is 48.5 Å². The number of fused-ring (bicyclic) bond motifs is 1. The summed E-state index contributed by atoms with van der Waals surface area (Å²) in [6, 6.07) is 14.1. The minimum Gasteiger partial charge on any atom is -0.507 e. The Morgan fingerprint density at radius 2 is 1.85 bits per heavy atom. The van der Waals surface area contributed by atoms with Gasteiger partial charge in [-0.05, 0) is 29.7 Å². The van der Waals surface area contributed by atoms with Gasteiger partial charge in [-0.3, -0.25) is 10.1 Å². The van der Waals surface area contributed by atoms with Gasteiger partial charge in [0, 0.05) is 6.54 Å². The maximum absolute atomic E-state index is 12.8. The molecule has 0 amide bonds. The lowest BCUT2D eigenvalue weighted by atomic mass is 9.84. The zero-order chi connectivity index (χ0) is 14.2. The number of carbonyl (C=O) groups is 1. The van der Waals surface area contributed by atoms with Crippen LogP contribution in [0.25, 0.3) is 0 Å². The molecule has 4 nitrogen and oxygen atoms in total. The maximum atomic E-state index is 12.8. The van der Waals surface area contributed by atoms with E-state index in [-0.39, 0.29) is 17.1 Å². The van der Waals surface area contributed by atoms with Crippen molar-refractivity contribution in [3.63, 3.8) is 0 Å². The van der Waals surface area contributed by atoms with Crippen LogP contribution in [0.3, 0.4) is 0 Å². The molecule has 0 bridgehead atoms. The van der Waals surface area contributed by atoms with E-state index in [0.717, 1.165) is 17.5 Å².